The Morgan fingerprint density at radius 2 is 2.20 bits per heavy atom. The Balaban J connectivity index is 2.01. The molecule has 20 heavy (non-hydrogen) atoms. The van der Waals surface area contributed by atoms with Crippen molar-refractivity contribution in [3.05, 3.63) is 0 Å². The van der Waals surface area contributed by atoms with Gasteiger partial charge in [0, 0.05) is 26.1 Å². The van der Waals surface area contributed by atoms with Gasteiger partial charge in [0.15, 0.2) is 0 Å². The number of nitrogens with zero attached hydrogens (tertiary/aromatic N) is 1. The number of hydrogen-bond donors (Lipinski definition) is 2. The molecule has 2 fully saturated rings. The second kappa shape index (κ2) is 6.57. The highest BCUT2D eigenvalue weighted by Gasteiger charge is 2.41. The van der Waals surface area contributed by atoms with Gasteiger partial charge in [0.1, 0.15) is 0 Å². The molecule has 0 aromatic carbocycles. The van der Waals surface area contributed by atoms with Crippen molar-refractivity contribution in [3.63, 3.8) is 0 Å². The molecule has 2 rings (SSSR count). The van der Waals surface area contributed by atoms with Crippen LogP contribution in [0.3, 0.4) is 0 Å². The topological polar surface area (TPSA) is 69.6 Å². The molecule has 5 heteroatoms. The summed E-state index contributed by atoms with van der Waals surface area (Å²) in [4.78, 5) is 25.7. The maximum absolute atomic E-state index is 12.9. The van der Waals surface area contributed by atoms with Crippen molar-refractivity contribution in [2.45, 2.75) is 45.4 Å². The van der Waals surface area contributed by atoms with Gasteiger partial charge in [0.25, 0.3) is 0 Å². The Morgan fingerprint density at radius 3 is 2.80 bits per heavy atom. The van der Waals surface area contributed by atoms with E-state index < -0.39 is 5.97 Å². The van der Waals surface area contributed by atoms with Crippen LogP contribution in [0.2, 0.25) is 0 Å². The van der Waals surface area contributed by atoms with Crippen LogP contribution in [0.1, 0.15) is 45.4 Å². The number of carbonyl (C=O) groups excluding carboxylic acids is 1. The first-order valence-electron chi connectivity index (χ1n) is 7.79. The van der Waals surface area contributed by atoms with E-state index in [0.717, 1.165) is 51.7 Å². The van der Waals surface area contributed by atoms with E-state index in [9.17, 15) is 9.59 Å². The van der Waals surface area contributed by atoms with Crippen molar-refractivity contribution in [2.75, 3.05) is 26.2 Å². The van der Waals surface area contributed by atoms with E-state index >= 15 is 0 Å². The molecule has 5 nitrogen and oxygen atoms in total. The zero-order valence-electron chi connectivity index (χ0n) is 12.4. The van der Waals surface area contributed by atoms with Crippen LogP contribution < -0.4 is 5.32 Å². The lowest BCUT2D eigenvalue weighted by atomic mass is 9.76. The maximum Gasteiger partial charge on any atom is 0.303 e. The zero-order chi connectivity index (χ0) is 14.6. The lowest BCUT2D eigenvalue weighted by molar-refractivity contribution is -0.147. The number of nitrogens with one attached hydrogen (secondary N) is 1. The molecule has 1 amide bonds. The molecule has 2 N–H and O–H groups in total. The molecule has 0 spiro atoms. The highest BCUT2D eigenvalue weighted by atomic mass is 16.4. The van der Waals surface area contributed by atoms with Gasteiger partial charge in [-0.1, -0.05) is 6.92 Å². The molecular formula is C15H26N2O3. The van der Waals surface area contributed by atoms with Gasteiger partial charge in [-0.05, 0) is 44.6 Å². The summed E-state index contributed by atoms with van der Waals surface area (Å²) < 4.78 is 0. The predicted octanol–water partition coefficient (Wildman–Crippen LogP) is 1.48. The highest BCUT2D eigenvalue weighted by Crippen LogP contribution is 2.34. The average Bonchev–Trinajstić information content (AvgIpc) is 2.47. The third-order valence-corrected chi connectivity index (χ3v) is 4.87. The maximum atomic E-state index is 12.9. The third kappa shape index (κ3) is 3.32. The molecule has 2 aliphatic heterocycles. The first-order valence-corrected chi connectivity index (χ1v) is 7.79. The van der Waals surface area contributed by atoms with Gasteiger partial charge in [-0.25, -0.2) is 0 Å². The standard InChI is InChI=1S/C15H26N2O3/c1-2-15(6-4-7-16-11-15)14(20)17-8-3-5-12(10-17)9-13(18)19/h12,16H,2-11H2,1H3,(H,18,19). The molecule has 0 aromatic rings. The molecular weight excluding hydrogens is 256 g/mol. The minimum absolute atomic E-state index is 0.121. The first-order chi connectivity index (χ1) is 9.57. The second-order valence-corrected chi connectivity index (χ2v) is 6.27. The zero-order valence-corrected chi connectivity index (χ0v) is 12.4. The number of rotatable bonds is 4. The molecule has 0 saturated carbocycles. The van der Waals surface area contributed by atoms with E-state index in [-0.39, 0.29) is 23.7 Å². The van der Waals surface area contributed by atoms with E-state index in [1.807, 2.05) is 4.90 Å². The number of aliphatic carboxylic acids is 1. The molecule has 0 radical (unpaired) electrons. The molecule has 114 valence electrons. The van der Waals surface area contributed by atoms with Gasteiger partial charge in [0.05, 0.1) is 5.41 Å². The molecule has 2 atom stereocenters. The van der Waals surface area contributed by atoms with Gasteiger partial charge in [-0.15, -0.1) is 0 Å². The SMILES string of the molecule is CCC1(C(=O)N2CCCC(CC(=O)O)C2)CCCNC1. The third-order valence-electron chi connectivity index (χ3n) is 4.87. The Labute approximate surface area is 120 Å². The fourth-order valence-corrected chi connectivity index (χ4v) is 3.60. The Morgan fingerprint density at radius 1 is 1.40 bits per heavy atom. The lowest BCUT2D eigenvalue weighted by Gasteiger charge is -2.42. The molecule has 0 aliphatic carbocycles. The summed E-state index contributed by atoms with van der Waals surface area (Å²) in [5.41, 5.74) is -0.261. The van der Waals surface area contributed by atoms with Crippen LogP contribution in [0.4, 0.5) is 0 Å². The van der Waals surface area contributed by atoms with Crippen molar-refractivity contribution in [2.24, 2.45) is 11.3 Å². The minimum Gasteiger partial charge on any atom is -0.481 e. The molecule has 0 aromatic heterocycles. The van der Waals surface area contributed by atoms with Crippen LogP contribution >= 0.6 is 0 Å². The monoisotopic (exact) mass is 282 g/mol. The number of hydrogen-bond acceptors (Lipinski definition) is 3. The molecule has 2 heterocycles. The van der Waals surface area contributed by atoms with E-state index in [4.69, 9.17) is 5.11 Å². The lowest BCUT2D eigenvalue weighted by Crippen LogP contribution is -2.53. The van der Waals surface area contributed by atoms with Crippen molar-refractivity contribution in [1.82, 2.24) is 10.2 Å². The molecule has 2 unspecified atom stereocenters. The number of carbonyl (C=O) groups is 2. The number of carboxylic acid groups (broad SMARTS) is 1. The van der Waals surface area contributed by atoms with E-state index in [0.29, 0.717) is 6.54 Å². The summed E-state index contributed by atoms with van der Waals surface area (Å²) in [5.74, 6) is -0.396. The van der Waals surface area contributed by atoms with Crippen LogP contribution in [0, 0.1) is 11.3 Å². The fraction of sp³-hybridized carbons (Fsp3) is 0.867. The normalized spacial score (nSPS) is 31.1. The van der Waals surface area contributed by atoms with E-state index in [1.54, 1.807) is 0 Å². The quantitative estimate of drug-likeness (QED) is 0.819. The highest BCUT2D eigenvalue weighted by molar-refractivity contribution is 5.83. The van der Waals surface area contributed by atoms with Crippen molar-refractivity contribution in [1.29, 1.82) is 0 Å². The number of carboxylic acids is 1. The van der Waals surface area contributed by atoms with Crippen LogP contribution in [0.25, 0.3) is 0 Å². The van der Waals surface area contributed by atoms with Crippen LogP contribution in [0.15, 0.2) is 0 Å². The first kappa shape index (κ1) is 15.3. The number of amides is 1. The summed E-state index contributed by atoms with van der Waals surface area (Å²) in [6.07, 6.45) is 4.89. The second-order valence-electron chi connectivity index (χ2n) is 6.27. The van der Waals surface area contributed by atoms with Crippen LogP contribution in [-0.2, 0) is 9.59 Å². The van der Waals surface area contributed by atoms with Gasteiger partial charge in [-0.2, -0.15) is 0 Å². The van der Waals surface area contributed by atoms with Crippen LogP contribution in [-0.4, -0.2) is 48.1 Å². The van der Waals surface area contributed by atoms with E-state index in [1.165, 1.54) is 0 Å². The van der Waals surface area contributed by atoms with Crippen molar-refractivity contribution >= 4 is 11.9 Å². The Bertz CT molecular complexity index is 364. The molecule has 0 bridgehead atoms. The summed E-state index contributed by atoms with van der Waals surface area (Å²) in [5, 5.41) is 12.3. The van der Waals surface area contributed by atoms with Crippen molar-refractivity contribution in [3.8, 4) is 0 Å². The van der Waals surface area contributed by atoms with Crippen LogP contribution in [0.5, 0.6) is 0 Å². The van der Waals surface area contributed by atoms with E-state index in [2.05, 4.69) is 12.2 Å². The molecule has 2 aliphatic rings. The van der Waals surface area contributed by atoms with Gasteiger partial charge in [-0.3, -0.25) is 9.59 Å². The summed E-state index contributed by atoms with van der Waals surface area (Å²) in [7, 11) is 0. The largest absolute Gasteiger partial charge is 0.481 e. The minimum atomic E-state index is -0.756. The summed E-state index contributed by atoms with van der Waals surface area (Å²) in [6.45, 7) is 5.26. The number of likely N-dealkylation sites (tertiary alicyclic amines) is 1. The average molecular weight is 282 g/mol. The Hall–Kier alpha value is -1.10. The fourth-order valence-electron chi connectivity index (χ4n) is 3.60. The van der Waals surface area contributed by atoms with Gasteiger partial charge >= 0.3 is 5.97 Å². The molecule has 2 saturated heterocycles. The smallest absolute Gasteiger partial charge is 0.303 e. The predicted molar refractivity (Wildman–Crippen MR) is 76.4 cm³/mol. The van der Waals surface area contributed by atoms with Crippen molar-refractivity contribution < 1.29 is 14.7 Å². The summed E-state index contributed by atoms with van der Waals surface area (Å²) in [6, 6.07) is 0. The Kier molecular flexibility index (Phi) is 5.02. The van der Waals surface area contributed by atoms with Gasteiger partial charge in [0.2, 0.25) is 5.91 Å². The van der Waals surface area contributed by atoms with Gasteiger partial charge < -0.3 is 15.3 Å². The number of piperidine rings is 2. The summed E-state index contributed by atoms with van der Waals surface area (Å²) >= 11 is 0.